The van der Waals surface area contributed by atoms with Crippen molar-refractivity contribution in [3.63, 3.8) is 0 Å². The largest absolute Gasteiger partial charge is 0.146 e. The van der Waals surface area contributed by atoms with Crippen LogP contribution in [0.15, 0.2) is 61.2 Å². The van der Waals surface area contributed by atoms with Crippen molar-refractivity contribution in [2.24, 2.45) is 0 Å². The van der Waals surface area contributed by atoms with E-state index in [-0.39, 0.29) is 0 Å². The van der Waals surface area contributed by atoms with E-state index in [0.717, 1.165) is 22.3 Å². The Bertz CT molecular complexity index is 762. The number of hydrogen-bond acceptors (Lipinski definition) is 0. The van der Waals surface area contributed by atoms with Gasteiger partial charge in [-0.2, -0.15) is 0 Å². The molecule has 0 unspecified atom stereocenters. The maximum Gasteiger partial charge on any atom is 0.146 e. The summed E-state index contributed by atoms with van der Waals surface area (Å²) in [6, 6.07) is 18.9. The van der Waals surface area contributed by atoms with Crippen molar-refractivity contribution >= 4 is 13.6 Å². The summed E-state index contributed by atoms with van der Waals surface area (Å²) in [4.78, 5) is 0. The van der Waals surface area contributed by atoms with E-state index in [4.69, 9.17) is 0 Å². The maximum absolute atomic E-state index is 4.25. The highest BCUT2D eigenvalue weighted by atomic mass is 28.3. The van der Waals surface area contributed by atoms with Gasteiger partial charge in [0.2, 0.25) is 0 Å². The van der Waals surface area contributed by atoms with Crippen LogP contribution in [0, 0.1) is 11.5 Å². The minimum atomic E-state index is -1.68. The average molecular weight is 361 g/mol. The lowest BCUT2D eigenvalue weighted by atomic mass is 9.99. The quantitative estimate of drug-likeness (QED) is 0.387. The van der Waals surface area contributed by atoms with Crippen LogP contribution in [0.2, 0.25) is 16.6 Å². The lowest BCUT2D eigenvalue weighted by Gasteiger charge is -2.38. The van der Waals surface area contributed by atoms with Crippen LogP contribution in [-0.4, -0.2) is 8.07 Å². The SMILES string of the molecule is C=C(c1ccccc1)c1ccc(C#C[Si](C(C)C)(C(C)C)C(C)C)cc1. The van der Waals surface area contributed by atoms with Crippen molar-refractivity contribution < 1.29 is 0 Å². The first-order valence-electron chi connectivity index (χ1n) is 9.67. The molecule has 0 aliphatic heterocycles. The van der Waals surface area contributed by atoms with E-state index in [2.05, 4.69) is 96.0 Å². The van der Waals surface area contributed by atoms with Crippen molar-refractivity contribution in [1.82, 2.24) is 0 Å². The Labute approximate surface area is 161 Å². The van der Waals surface area contributed by atoms with Crippen LogP contribution >= 0.6 is 0 Å². The molecule has 0 fully saturated rings. The summed E-state index contributed by atoms with van der Waals surface area (Å²) < 4.78 is 0. The van der Waals surface area contributed by atoms with Gasteiger partial charge in [-0.25, -0.2) is 0 Å². The molecule has 0 saturated carbocycles. The lowest BCUT2D eigenvalue weighted by Crippen LogP contribution is -2.43. The summed E-state index contributed by atoms with van der Waals surface area (Å²) in [6.45, 7) is 18.4. The molecular weight excluding hydrogens is 328 g/mol. The van der Waals surface area contributed by atoms with Gasteiger partial charge in [0.1, 0.15) is 8.07 Å². The summed E-state index contributed by atoms with van der Waals surface area (Å²) in [7, 11) is -1.68. The molecule has 0 aliphatic rings. The molecule has 2 aromatic carbocycles. The van der Waals surface area contributed by atoms with Gasteiger partial charge in [-0.05, 0) is 45.5 Å². The second-order valence-electron chi connectivity index (χ2n) is 8.07. The van der Waals surface area contributed by atoms with Crippen molar-refractivity contribution in [3.8, 4) is 11.5 Å². The summed E-state index contributed by atoms with van der Waals surface area (Å²) in [5, 5.41) is 0. The van der Waals surface area contributed by atoms with Crippen LogP contribution in [0.25, 0.3) is 5.57 Å². The van der Waals surface area contributed by atoms with E-state index in [1.54, 1.807) is 0 Å². The molecule has 0 bridgehead atoms. The van der Waals surface area contributed by atoms with Crippen molar-refractivity contribution in [2.75, 3.05) is 0 Å². The number of benzene rings is 2. The highest BCUT2D eigenvalue weighted by Gasteiger charge is 2.41. The summed E-state index contributed by atoms with van der Waals surface area (Å²) >= 11 is 0. The molecule has 0 aliphatic carbocycles. The fourth-order valence-corrected chi connectivity index (χ4v) is 9.40. The van der Waals surface area contributed by atoms with Gasteiger partial charge in [0.15, 0.2) is 0 Å². The van der Waals surface area contributed by atoms with Gasteiger partial charge < -0.3 is 0 Å². The van der Waals surface area contributed by atoms with Gasteiger partial charge in [0.25, 0.3) is 0 Å². The molecule has 1 heteroatoms. The monoisotopic (exact) mass is 360 g/mol. The first-order valence-corrected chi connectivity index (χ1v) is 11.9. The Morgan fingerprint density at radius 2 is 1.19 bits per heavy atom. The molecule has 26 heavy (non-hydrogen) atoms. The Balaban J connectivity index is 2.30. The topological polar surface area (TPSA) is 0 Å². The van der Waals surface area contributed by atoms with Crippen LogP contribution in [0.4, 0.5) is 0 Å². The van der Waals surface area contributed by atoms with E-state index in [1.807, 2.05) is 18.2 Å². The minimum Gasteiger partial charge on any atom is -0.125 e. The first kappa shape index (κ1) is 20.3. The molecule has 0 N–H and O–H groups in total. The molecule has 0 aromatic heterocycles. The first-order chi connectivity index (χ1) is 12.3. The van der Waals surface area contributed by atoms with Gasteiger partial charge in [0.05, 0.1) is 0 Å². The maximum atomic E-state index is 4.25. The standard InChI is InChI=1S/C25H32Si/c1-19(2)26(20(3)4,21(5)6)18-17-23-13-15-25(16-14-23)22(7)24-11-9-8-10-12-24/h8-16,19-21H,7H2,1-6H3. The zero-order valence-corrected chi connectivity index (χ0v) is 18.1. The Morgan fingerprint density at radius 3 is 1.65 bits per heavy atom. The van der Waals surface area contributed by atoms with E-state index in [1.165, 1.54) is 0 Å². The minimum absolute atomic E-state index is 0.659. The molecule has 0 saturated heterocycles. The lowest BCUT2D eigenvalue weighted by molar-refractivity contribution is 0.838. The van der Waals surface area contributed by atoms with Gasteiger partial charge in [-0.3, -0.25) is 0 Å². The van der Waals surface area contributed by atoms with E-state index in [9.17, 15) is 0 Å². The van der Waals surface area contributed by atoms with Crippen molar-refractivity contribution in [3.05, 3.63) is 77.9 Å². The molecule has 2 aromatic rings. The fourth-order valence-electron chi connectivity index (χ4n) is 4.17. The molecule has 0 radical (unpaired) electrons. The van der Waals surface area contributed by atoms with Crippen molar-refractivity contribution in [1.29, 1.82) is 0 Å². The third-order valence-electron chi connectivity index (χ3n) is 5.64. The normalized spacial score (nSPS) is 11.6. The van der Waals surface area contributed by atoms with Crippen LogP contribution in [0.3, 0.4) is 0 Å². The van der Waals surface area contributed by atoms with E-state index >= 15 is 0 Å². The second kappa shape index (κ2) is 8.56. The molecule has 0 atom stereocenters. The van der Waals surface area contributed by atoms with Crippen LogP contribution in [0.1, 0.15) is 58.2 Å². The van der Waals surface area contributed by atoms with Crippen LogP contribution in [-0.2, 0) is 0 Å². The van der Waals surface area contributed by atoms with Gasteiger partial charge in [-0.15, -0.1) is 5.54 Å². The van der Waals surface area contributed by atoms with Crippen molar-refractivity contribution in [2.45, 2.75) is 58.2 Å². The predicted molar refractivity (Wildman–Crippen MR) is 119 cm³/mol. The number of hydrogen-bond donors (Lipinski definition) is 0. The molecule has 0 spiro atoms. The summed E-state index contributed by atoms with van der Waals surface area (Å²) in [5.41, 5.74) is 10.3. The molecule has 0 nitrogen and oxygen atoms in total. The third kappa shape index (κ3) is 4.19. The number of rotatable bonds is 5. The zero-order valence-electron chi connectivity index (χ0n) is 17.1. The molecule has 136 valence electrons. The smallest absolute Gasteiger partial charge is 0.125 e. The molecule has 0 amide bonds. The fraction of sp³-hybridized carbons (Fsp3) is 0.360. The molecule has 2 rings (SSSR count). The van der Waals surface area contributed by atoms with Crippen LogP contribution < -0.4 is 0 Å². The Kier molecular flexibility index (Phi) is 6.67. The average Bonchev–Trinajstić information content (AvgIpc) is 2.62. The third-order valence-corrected chi connectivity index (χ3v) is 11.9. The molecule has 0 heterocycles. The summed E-state index contributed by atoms with van der Waals surface area (Å²) in [6.07, 6.45) is 0. The van der Waals surface area contributed by atoms with Crippen LogP contribution in [0.5, 0.6) is 0 Å². The Morgan fingerprint density at radius 1 is 0.731 bits per heavy atom. The molecular formula is C25H32Si. The van der Waals surface area contributed by atoms with Gasteiger partial charge in [0, 0.05) is 5.56 Å². The van der Waals surface area contributed by atoms with Gasteiger partial charge >= 0.3 is 0 Å². The predicted octanol–water partition coefficient (Wildman–Crippen LogP) is 7.32. The second-order valence-corrected chi connectivity index (χ2v) is 13.6. The highest BCUT2D eigenvalue weighted by Crippen LogP contribution is 2.40. The van der Waals surface area contributed by atoms with E-state index < -0.39 is 8.07 Å². The zero-order chi connectivity index (χ0) is 19.3. The summed E-state index contributed by atoms with van der Waals surface area (Å²) in [5.74, 6) is 3.52. The van der Waals surface area contributed by atoms with E-state index in [0.29, 0.717) is 16.6 Å². The van der Waals surface area contributed by atoms with Gasteiger partial charge in [-0.1, -0.05) is 96.5 Å². The highest BCUT2D eigenvalue weighted by molar-refractivity contribution is 6.90. The Hall–Kier alpha value is -2.04.